The quantitative estimate of drug-likeness (QED) is 0.768. The average molecular weight is 332 g/mol. The van der Waals surface area contributed by atoms with Gasteiger partial charge in [0.15, 0.2) is 6.61 Å². The minimum atomic E-state index is -1.07. The maximum absolute atomic E-state index is 12.3. The zero-order valence-corrected chi connectivity index (χ0v) is 13.7. The van der Waals surface area contributed by atoms with E-state index in [1.807, 2.05) is 13.8 Å². The molecule has 0 aliphatic heterocycles. The van der Waals surface area contributed by atoms with Gasteiger partial charge in [0, 0.05) is 24.1 Å². The topological polar surface area (TPSA) is 102 Å². The number of amides is 1. The number of nitrogens with zero attached hydrogens (tertiary/aromatic N) is 1. The van der Waals surface area contributed by atoms with E-state index >= 15 is 0 Å². The Morgan fingerprint density at radius 1 is 1.29 bits per heavy atom. The number of aryl methyl sites for hydroxylation is 2. The molecule has 7 heteroatoms. The lowest BCUT2D eigenvalue weighted by atomic mass is 10.1. The van der Waals surface area contributed by atoms with Crippen molar-refractivity contribution in [1.82, 2.24) is 10.5 Å². The molecule has 2 rings (SSSR count). The van der Waals surface area contributed by atoms with Gasteiger partial charge in [0.05, 0.1) is 5.69 Å². The summed E-state index contributed by atoms with van der Waals surface area (Å²) in [6.45, 7) is 3.82. The molecule has 2 N–H and O–H groups in total. The predicted octanol–water partition coefficient (Wildman–Crippen LogP) is 2.19. The first kappa shape index (κ1) is 17.5. The molecule has 0 spiro atoms. The van der Waals surface area contributed by atoms with Crippen molar-refractivity contribution in [2.45, 2.75) is 33.2 Å². The molecule has 0 saturated carbocycles. The molecule has 1 amide bonds. The number of carbonyl (C=O) groups is 2. The fourth-order valence-corrected chi connectivity index (χ4v) is 2.28. The number of aliphatic carboxylic acids is 1. The van der Waals surface area contributed by atoms with Crippen molar-refractivity contribution in [3.05, 3.63) is 46.8 Å². The Morgan fingerprint density at radius 3 is 2.75 bits per heavy atom. The highest BCUT2D eigenvalue weighted by molar-refractivity contribution is 5.94. The Balaban J connectivity index is 2.04. The minimum absolute atomic E-state index is 0.277. The molecule has 24 heavy (non-hydrogen) atoms. The molecule has 0 atom stereocenters. The van der Waals surface area contributed by atoms with E-state index in [0.717, 1.165) is 23.4 Å². The summed E-state index contributed by atoms with van der Waals surface area (Å²) < 4.78 is 10.3. The van der Waals surface area contributed by atoms with Crippen LogP contribution < -0.4 is 10.1 Å². The standard InChI is InChI=1S/C17H20N2O5/c1-3-14-13(15(4-2)24-19-14)9-18-17(22)11-6-5-7-12(8-11)23-10-16(20)21/h5-8H,3-4,9-10H2,1-2H3,(H,18,22)(H,20,21). The number of hydrogen-bond donors (Lipinski definition) is 2. The highest BCUT2D eigenvalue weighted by Crippen LogP contribution is 2.17. The molecule has 2 aromatic rings. The molecule has 0 aliphatic rings. The van der Waals surface area contributed by atoms with Crippen LogP contribution >= 0.6 is 0 Å². The summed E-state index contributed by atoms with van der Waals surface area (Å²) in [7, 11) is 0. The number of benzene rings is 1. The molecule has 1 aromatic carbocycles. The lowest BCUT2D eigenvalue weighted by Gasteiger charge is -2.08. The largest absolute Gasteiger partial charge is 0.482 e. The van der Waals surface area contributed by atoms with Crippen molar-refractivity contribution in [2.75, 3.05) is 6.61 Å². The van der Waals surface area contributed by atoms with Gasteiger partial charge >= 0.3 is 5.97 Å². The number of rotatable bonds is 8. The summed E-state index contributed by atoms with van der Waals surface area (Å²) in [5.41, 5.74) is 2.14. The Kier molecular flexibility index (Phi) is 5.95. The number of nitrogens with one attached hydrogen (secondary N) is 1. The fraction of sp³-hybridized carbons (Fsp3) is 0.353. The molecular weight excluding hydrogens is 312 g/mol. The maximum atomic E-state index is 12.3. The molecule has 0 unspecified atom stereocenters. The van der Waals surface area contributed by atoms with Crippen LogP contribution in [0.15, 0.2) is 28.8 Å². The Hall–Kier alpha value is -2.83. The molecule has 1 aromatic heterocycles. The number of carbonyl (C=O) groups excluding carboxylic acids is 1. The summed E-state index contributed by atoms with van der Waals surface area (Å²) in [6, 6.07) is 6.38. The van der Waals surface area contributed by atoms with Crippen LogP contribution in [0.4, 0.5) is 0 Å². The zero-order valence-electron chi connectivity index (χ0n) is 13.7. The van der Waals surface area contributed by atoms with Crippen molar-refractivity contribution in [3.8, 4) is 5.75 Å². The van der Waals surface area contributed by atoms with Gasteiger partial charge in [0.25, 0.3) is 5.91 Å². The van der Waals surface area contributed by atoms with E-state index in [0.29, 0.717) is 24.3 Å². The molecule has 0 fully saturated rings. The highest BCUT2D eigenvalue weighted by atomic mass is 16.5. The summed E-state index contributed by atoms with van der Waals surface area (Å²) >= 11 is 0. The van der Waals surface area contributed by atoms with Gasteiger partial charge in [0.2, 0.25) is 0 Å². The Bertz CT molecular complexity index is 702. The number of aromatic nitrogens is 1. The number of hydrogen-bond acceptors (Lipinski definition) is 5. The van der Waals surface area contributed by atoms with Gasteiger partial charge in [-0.1, -0.05) is 25.1 Å². The first-order valence-electron chi connectivity index (χ1n) is 7.74. The lowest BCUT2D eigenvalue weighted by Crippen LogP contribution is -2.23. The minimum Gasteiger partial charge on any atom is -0.482 e. The van der Waals surface area contributed by atoms with Crippen LogP contribution in [-0.4, -0.2) is 28.7 Å². The molecule has 7 nitrogen and oxygen atoms in total. The number of ether oxygens (including phenoxy) is 1. The second kappa shape index (κ2) is 8.14. The SMILES string of the molecule is CCc1noc(CC)c1CNC(=O)c1cccc(OCC(=O)O)c1. The summed E-state index contributed by atoms with van der Waals surface area (Å²) in [4.78, 5) is 22.8. The third-order valence-corrected chi connectivity index (χ3v) is 3.49. The first-order chi connectivity index (χ1) is 11.5. The van der Waals surface area contributed by atoms with Crippen molar-refractivity contribution in [3.63, 3.8) is 0 Å². The van der Waals surface area contributed by atoms with Crippen LogP contribution in [0.5, 0.6) is 5.75 Å². The molecule has 0 aliphatic carbocycles. The molecule has 0 saturated heterocycles. The van der Waals surface area contributed by atoms with Gasteiger partial charge in [0.1, 0.15) is 11.5 Å². The van der Waals surface area contributed by atoms with E-state index < -0.39 is 12.6 Å². The van der Waals surface area contributed by atoms with Crippen molar-refractivity contribution in [2.24, 2.45) is 0 Å². The van der Waals surface area contributed by atoms with Crippen LogP contribution in [0.3, 0.4) is 0 Å². The van der Waals surface area contributed by atoms with Gasteiger partial charge < -0.3 is 19.7 Å². The monoisotopic (exact) mass is 332 g/mol. The highest BCUT2D eigenvalue weighted by Gasteiger charge is 2.15. The molecule has 0 radical (unpaired) electrons. The van der Waals surface area contributed by atoms with E-state index in [1.165, 1.54) is 6.07 Å². The van der Waals surface area contributed by atoms with Gasteiger partial charge in [-0.15, -0.1) is 0 Å². The fourth-order valence-electron chi connectivity index (χ4n) is 2.28. The van der Waals surface area contributed by atoms with Crippen molar-refractivity contribution in [1.29, 1.82) is 0 Å². The summed E-state index contributed by atoms with van der Waals surface area (Å²) in [5.74, 6) is -0.248. The zero-order chi connectivity index (χ0) is 17.5. The van der Waals surface area contributed by atoms with E-state index in [1.54, 1.807) is 18.2 Å². The maximum Gasteiger partial charge on any atom is 0.341 e. The van der Waals surface area contributed by atoms with Gasteiger partial charge in [-0.05, 0) is 24.6 Å². The molecule has 128 valence electrons. The van der Waals surface area contributed by atoms with E-state index in [2.05, 4.69) is 10.5 Å². The second-order valence-electron chi connectivity index (χ2n) is 5.13. The van der Waals surface area contributed by atoms with Crippen molar-refractivity contribution < 1.29 is 24.0 Å². The van der Waals surface area contributed by atoms with Gasteiger partial charge in [-0.25, -0.2) is 4.79 Å². The average Bonchev–Trinajstić information content (AvgIpc) is 3.00. The van der Waals surface area contributed by atoms with Crippen LogP contribution in [0.25, 0.3) is 0 Å². The van der Waals surface area contributed by atoms with Crippen LogP contribution in [0, 0.1) is 0 Å². The van der Waals surface area contributed by atoms with Gasteiger partial charge in [-0.3, -0.25) is 4.79 Å². The molecular formula is C17H20N2O5. The second-order valence-corrected chi connectivity index (χ2v) is 5.13. The predicted molar refractivity (Wildman–Crippen MR) is 86.0 cm³/mol. The smallest absolute Gasteiger partial charge is 0.341 e. The Labute approximate surface area is 139 Å². The first-order valence-corrected chi connectivity index (χ1v) is 7.74. The van der Waals surface area contributed by atoms with Crippen LogP contribution in [0.1, 0.15) is 41.2 Å². The van der Waals surface area contributed by atoms with Crippen LogP contribution in [-0.2, 0) is 24.2 Å². The summed E-state index contributed by atoms with van der Waals surface area (Å²) in [6.07, 6.45) is 1.43. The van der Waals surface area contributed by atoms with E-state index in [4.69, 9.17) is 14.4 Å². The Morgan fingerprint density at radius 2 is 2.08 bits per heavy atom. The molecule has 0 bridgehead atoms. The molecule has 1 heterocycles. The third-order valence-electron chi connectivity index (χ3n) is 3.49. The van der Waals surface area contributed by atoms with Crippen LogP contribution in [0.2, 0.25) is 0 Å². The lowest BCUT2D eigenvalue weighted by molar-refractivity contribution is -0.139. The third kappa shape index (κ3) is 4.34. The summed E-state index contributed by atoms with van der Waals surface area (Å²) in [5, 5.41) is 15.5. The van der Waals surface area contributed by atoms with E-state index in [-0.39, 0.29) is 5.91 Å². The number of carboxylic acid groups (broad SMARTS) is 1. The van der Waals surface area contributed by atoms with E-state index in [9.17, 15) is 9.59 Å². The van der Waals surface area contributed by atoms with Gasteiger partial charge in [-0.2, -0.15) is 0 Å². The number of carboxylic acids is 1. The van der Waals surface area contributed by atoms with Crippen molar-refractivity contribution >= 4 is 11.9 Å². The normalized spacial score (nSPS) is 10.4.